The number of fused-ring (bicyclic) bond motifs is 1. The number of imidazole rings is 1. The highest BCUT2D eigenvalue weighted by molar-refractivity contribution is 6.33. The highest BCUT2D eigenvalue weighted by Crippen LogP contribution is 2.36. The molecule has 0 spiro atoms. The van der Waals surface area contributed by atoms with Gasteiger partial charge in [0.15, 0.2) is 29.2 Å². The van der Waals surface area contributed by atoms with Crippen molar-refractivity contribution >= 4 is 40.7 Å². The van der Waals surface area contributed by atoms with Crippen molar-refractivity contribution in [2.24, 2.45) is 0 Å². The number of aromatic nitrogens is 4. The van der Waals surface area contributed by atoms with Gasteiger partial charge in [-0.05, 0) is 5.92 Å². The molecule has 1 N–H and O–H groups in total. The Morgan fingerprint density at radius 2 is 1.84 bits per heavy atom. The van der Waals surface area contributed by atoms with E-state index in [1.807, 2.05) is 0 Å². The van der Waals surface area contributed by atoms with Crippen molar-refractivity contribution in [1.82, 2.24) is 19.5 Å². The summed E-state index contributed by atoms with van der Waals surface area (Å²) in [5.74, 6) is 3.13. The highest BCUT2D eigenvalue weighted by atomic mass is 35.5. The summed E-state index contributed by atoms with van der Waals surface area (Å²) in [4.78, 5) is 47.2. The van der Waals surface area contributed by atoms with E-state index in [1.165, 1.54) is 31.7 Å². The lowest BCUT2D eigenvalue weighted by Crippen LogP contribution is -2.40. The number of halogens is 1. The van der Waals surface area contributed by atoms with Gasteiger partial charge in [-0.15, -0.1) is 0 Å². The molecule has 0 aliphatic carbocycles. The van der Waals surface area contributed by atoms with Crippen LogP contribution in [-0.2, 0) is 33.3 Å². The summed E-state index contributed by atoms with van der Waals surface area (Å²) in [5.41, 5.74) is 0.419. The zero-order valence-electron chi connectivity index (χ0n) is 17.3. The molecule has 4 atom stereocenters. The van der Waals surface area contributed by atoms with E-state index in [2.05, 4.69) is 26.8 Å². The van der Waals surface area contributed by atoms with E-state index >= 15 is 0 Å². The second kappa shape index (κ2) is 9.90. The largest absolute Gasteiger partial charge is 0.463 e. The third-order valence-corrected chi connectivity index (χ3v) is 4.54. The van der Waals surface area contributed by atoms with Crippen LogP contribution >= 0.6 is 11.6 Å². The number of hydrogen-bond acceptors (Lipinski definition) is 11. The van der Waals surface area contributed by atoms with E-state index in [1.54, 1.807) is 0 Å². The number of aliphatic hydroxyl groups is 1. The molecule has 0 radical (unpaired) electrons. The van der Waals surface area contributed by atoms with Crippen LogP contribution < -0.4 is 0 Å². The van der Waals surface area contributed by atoms with Gasteiger partial charge in [-0.25, -0.2) is 15.0 Å². The van der Waals surface area contributed by atoms with E-state index in [0.717, 1.165) is 0 Å². The predicted octanol–water partition coefficient (Wildman–Crippen LogP) is 0.147. The molecule has 1 aliphatic rings. The first-order valence-electron chi connectivity index (χ1n) is 9.34. The fourth-order valence-corrected chi connectivity index (χ4v) is 3.37. The Bertz CT molecular complexity index is 1110. The summed E-state index contributed by atoms with van der Waals surface area (Å²) in [5, 5.41) is 8.92. The van der Waals surface area contributed by atoms with Crippen LogP contribution in [0.15, 0.2) is 6.33 Å². The molecule has 0 aromatic carbocycles. The molecule has 1 aliphatic heterocycles. The lowest BCUT2D eigenvalue weighted by Gasteiger charge is -2.23. The monoisotopic (exact) mass is 466 g/mol. The van der Waals surface area contributed by atoms with Crippen LogP contribution in [-0.4, -0.2) is 74.1 Å². The molecule has 3 heterocycles. The van der Waals surface area contributed by atoms with Gasteiger partial charge in [0.1, 0.15) is 24.8 Å². The molecule has 2 aromatic heterocycles. The minimum Gasteiger partial charge on any atom is -0.463 e. The Labute approximate surface area is 186 Å². The van der Waals surface area contributed by atoms with E-state index in [-0.39, 0.29) is 28.7 Å². The van der Waals surface area contributed by atoms with Crippen LogP contribution in [0.25, 0.3) is 11.2 Å². The highest BCUT2D eigenvalue weighted by Gasteiger charge is 2.51. The Balaban J connectivity index is 2.07. The summed E-state index contributed by atoms with van der Waals surface area (Å²) in [7, 11) is 0. The fourth-order valence-electron chi connectivity index (χ4n) is 3.16. The minimum atomic E-state index is -1.12. The second-order valence-corrected chi connectivity index (χ2v) is 7.00. The van der Waals surface area contributed by atoms with Crippen molar-refractivity contribution in [3.8, 4) is 11.8 Å². The first-order chi connectivity index (χ1) is 15.2. The zero-order valence-corrected chi connectivity index (χ0v) is 18.0. The van der Waals surface area contributed by atoms with Crippen molar-refractivity contribution in [1.29, 1.82) is 0 Å². The van der Waals surface area contributed by atoms with E-state index in [4.69, 9.17) is 35.7 Å². The zero-order chi connectivity index (χ0) is 23.4. The maximum atomic E-state index is 11.8. The number of esters is 3. The normalized spacial score (nSPS) is 22.2. The predicted molar refractivity (Wildman–Crippen MR) is 106 cm³/mol. The first-order valence-corrected chi connectivity index (χ1v) is 9.72. The molecule has 0 unspecified atom stereocenters. The van der Waals surface area contributed by atoms with Crippen molar-refractivity contribution in [3.63, 3.8) is 0 Å². The molecule has 2 aromatic rings. The number of nitrogens with zero attached hydrogens (tertiary/aromatic N) is 4. The molecule has 32 heavy (non-hydrogen) atoms. The number of hydrogen-bond donors (Lipinski definition) is 1. The SMILES string of the molecule is CC(=O)OC[C@H]1O[C@@H](n2cnc3c(Cl)nc(C#CCO)nc32)[C@H](OC(C)=O)[C@@H]1OC(C)=O. The first kappa shape index (κ1) is 23.4. The van der Waals surface area contributed by atoms with Gasteiger partial charge >= 0.3 is 17.9 Å². The molecule has 1 fully saturated rings. The van der Waals surface area contributed by atoms with Crippen molar-refractivity contribution < 1.29 is 38.4 Å². The van der Waals surface area contributed by atoms with Crippen LogP contribution in [0, 0.1) is 11.8 Å². The van der Waals surface area contributed by atoms with Gasteiger partial charge in [-0.3, -0.25) is 19.0 Å². The summed E-state index contributed by atoms with van der Waals surface area (Å²) in [6.45, 7) is 2.94. The van der Waals surface area contributed by atoms with Gasteiger partial charge in [0.05, 0.1) is 6.33 Å². The molecule has 13 heteroatoms. The molecular weight excluding hydrogens is 448 g/mol. The molecule has 0 bridgehead atoms. The average Bonchev–Trinajstić information content (AvgIpc) is 3.26. The number of aliphatic hydroxyl groups excluding tert-OH is 1. The Morgan fingerprint density at radius 1 is 1.16 bits per heavy atom. The topological polar surface area (TPSA) is 152 Å². The molecule has 3 rings (SSSR count). The van der Waals surface area contributed by atoms with E-state index < -0.39 is 49.1 Å². The number of ether oxygens (including phenoxy) is 4. The van der Waals surface area contributed by atoms with Crippen LogP contribution in [0.1, 0.15) is 32.8 Å². The van der Waals surface area contributed by atoms with Crippen molar-refractivity contribution in [3.05, 3.63) is 17.3 Å². The molecule has 170 valence electrons. The third-order valence-electron chi connectivity index (χ3n) is 4.27. The maximum absolute atomic E-state index is 11.8. The quantitative estimate of drug-likeness (QED) is 0.277. The Morgan fingerprint density at radius 3 is 2.47 bits per heavy atom. The summed E-state index contributed by atoms with van der Waals surface area (Å²) in [6.07, 6.45) is -2.85. The summed E-state index contributed by atoms with van der Waals surface area (Å²) < 4.78 is 23.1. The fraction of sp³-hybridized carbons (Fsp3) is 0.474. The van der Waals surface area contributed by atoms with Gasteiger partial charge in [-0.1, -0.05) is 17.5 Å². The van der Waals surface area contributed by atoms with Gasteiger partial charge in [0.25, 0.3) is 0 Å². The van der Waals surface area contributed by atoms with Crippen LogP contribution in [0.5, 0.6) is 0 Å². The van der Waals surface area contributed by atoms with Crippen molar-refractivity contribution in [2.45, 2.75) is 45.3 Å². The Hall–Kier alpha value is -3.27. The van der Waals surface area contributed by atoms with Gasteiger partial charge in [0, 0.05) is 20.8 Å². The number of carbonyl (C=O) groups excluding carboxylic acids is 3. The van der Waals surface area contributed by atoms with E-state index in [0.29, 0.717) is 0 Å². The summed E-state index contributed by atoms with van der Waals surface area (Å²) >= 11 is 6.18. The number of carbonyl (C=O) groups is 3. The van der Waals surface area contributed by atoms with Gasteiger partial charge < -0.3 is 24.1 Å². The molecule has 1 saturated heterocycles. The number of rotatable bonds is 5. The third kappa shape index (κ3) is 5.13. The smallest absolute Gasteiger partial charge is 0.303 e. The molecule has 0 saturated carbocycles. The average molecular weight is 467 g/mol. The molecular formula is C19H19ClN4O8. The van der Waals surface area contributed by atoms with E-state index in [9.17, 15) is 14.4 Å². The van der Waals surface area contributed by atoms with Gasteiger partial charge in [0.2, 0.25) is 5.82 Å². The minimum absolute atomic E-state index is 0.00558. The lowest BCUT2D eigenvalue weighted by atomic mass is 10.1. The maximum Gasteiger partial charge on any atom is 0.303 e. The van der Waals surface area contributed by atoms with Crippen LogP contribution in [0.2, 0.25) is 5.15 Å². The molecule has 0 amide bonds. The molecule has 12 nitrogen and oxygen atoms in total. The van der Waals surface area contributed by atoms with Gasteiger partial charge in [-0.2, -0.15) is 0 Å². The Kier molecular flexibility index (Phi) is 7.24. The second-order valence-electron chi connectivity index (χ2n) is 6.64. The van der Waals surface area contributed by atoms with Crippen LogP contribution in [0.4, 0.5) is 0 Å². The lowest BCUT2D eigenvalue weighted by molar-refractivity contribution is -0.166. The standard InChI is InChI=1S/C19H19ClN4O8/c1-9(26)29-7-12-15(30-10(2)27)16(31-11(3)28)19(32-12)24-8-21-14-17(20)22-13(5-4-6-25)23-18(14)24/h8,12,15-16,19,25H,6-7H2,1-3H3/t12-,15-,16-,19-/m1/s1. The van der Waals surface area contributed by atoms with Crippen molar-refractivity contribution in [2.75, 3.05) is 13.2 Å². The summed E-state index contributed by atoms with van der Waals surface area (Å²) in [6, 6.07) is 0. The van der Waals surface area contributed by atoms with Crippen LogP contribution in [0.3, 0.4) is 0 Å².